The van der Waals surface area contributed by atoms with E-state index in [1.807, 2.05) is 50.2 Å². The van der Waals surface area contributed by atoms with Gasteiger partial charge in [0, 0.05) is 3.57 Å². The molecule has 51 heavy (non-hydrogen) atoms. The Morgan fingerprint density at radius 2 is 1.67 bits per heavy atom. The van der Waals surface area contributed by atoms with Crippen LogP contribution >= 0.6 is 49.9 Å². The summed E-state index contributed by atoms with van der Waals surface area (Å²) in [5, 5.41) is 0. The van der Waals surface area contributed by atoms with Gasteiger partial charge in [-0.3, -0.25) is 9.36 Å². The first-order valence-corrected chi connectivity index (χ1v) is 18.8. The second kappa shape index (κ2) is 17.4. The number of hydrogen-bond donors (Lipinski definition) is 0. The number of aromatic nitrogens is 1. The van der Waals surface area contributed by atoms with Crippen molar-refractivity contribution in [3.05, 3.63) is 110 Å². The summed E-state index contributed by atoms with van der Waals surface area (Å²) in [6, 6.07) is 15.9. The highest BCUT2D eigenvalue weighted by atomic mass is 127. The largest absolute Gasteiger partial charge is 0.490 e. The molecule has 0 saturated heterocycles. The lowest BCUT2D eigenvalue weighted by Gasteiger charge is -2.25. The van der Waals surface area contributed by atoms with E-state index in [1.165, 1.54) is 23.0 Å². The minimum atomic E-state index is -0.890. The van der Waals surface area contributed by atoms with E-state index in [9.17, 15) is 14.4 Å². The summed E-state index contributed by atoms with van der Waals surface area (Å²) in [6.45, 7) is 8.00. The SMILES string of the molecule is CCOC(=O)C1=C(C)N=c2s/c(=C\c3cc(Br)c(OCc4ccc(I)cc4)c(OCC)c3)c(=O)n2[C@H]1c1ccc(OCC(=O)OC)c(OCC)c1. The molecule has 1 aliphatic rings. The highest BCUT2D eigenvalue weighted by Gasteiger charge is 2.34. The van der Waals surface area contributed by atoms with E-state index < -0.39 is 18.0 Å². The Hall–Kier alpha value is -4.15. The molecule has 1 atom stereocenters. The molecule has 0 aliphatic carbocycles. The summed E-state index contributed by atoms with van der Waals surface area (Å²) >= 11 is 7.11. The fourth-order valence-electron chi connectivity index (χ4n) is 5.35. The number of methoxy groups -OCH3 is 1. The number of carbonyl (C=O) groups is 2. The first-order chi connectivity index (χ1) is 24.6. The smallest absolute Gasteiger partial charge is 0.343 e. The third kappa shape index (κ3) is 8.84. The molecular formula is C37H36BrIN2O9S. The molecule has 5 rings (SSSR count). The van der Waals surface area contributed by atoms with Crippen LogP contribution in [-0.4, -0.2) is 50.0 Å². The zero-order chi connectivity index (χ0) is 36.7. The Labute approximate surface area is 320 Å². The molecule has 1 aromatic heterocycles. The Morgan fingerprint density at radius 1 is 0.941 bits per heavy atom. The van der Waals surface area contributed by atoms with Crippen LogP contribution < -0.4 is 33.8 Å². The maximum Gasteiger partial charge on any atom is 0.343 e. The molecule has 0 bridgehead atoms. The van der Waals surface area contributed by atoms with Gasteiger partial charge in [-0.25, -0.2) is 14.6 Å². The van der Waals surface area contributed by atoms with Gasteiger partial charge in [-0.2, -0.15) is 0 Å². The number of carbonyl (C=O) groups excluding carboxylic acids is 2. The normalized spacial score (nSPS) is 14.0. The van der Waals surface area contributed by atoms with E-state index in [2.05, 4.69) is 43.5 Å². The van der Waals surface area contributed by atoms with E-state index in [0.717, 1.165) is 9.13 Å². The van der Waals surface area contributed by atoms with Crippen LogP contribution in [0.3, 0.4) is 0 Å². The molecule has 1 aliphatic heterocycles. The maximum atomic E-state index is 14.3. The minimum absolute atomic E-state index is 0.138. The van der Waals surface area contributed by atoms with Crippen LogP contribution in [0.5, 0.6) is 23.0 Å². The van der Waals surface area contributed by atoms with Crippen molar-refractivity contribution in [1.29, 1.82) is 0 Å². The van der Waals surface area contributed by atoms with E-state index >= 15 is 0 Å². The standard InChI is InChI=1S/C37H36BrIN2O9S/c1-6-46-28-18-24(11-14-27(28)49-20-31(42)45-5)33-32(36(44)48-8-3)21(4)40-37-41(33)35(43)30(51-37)17-23-15-26(38)34(29(16-23)47-7-2)50-19-22-9-12-25(39)13-10-22/h9-18,33H,6-8,19-20H2,1-5H3/b30-17-/t33-/m0/s1. The molecule has 0 saturated carbocycles. The predicted molar refractivity (Wildman–Crippen MR) is 204 cm³/mol. The van der Waals surface area contributed by atoms with Crippen LogP contribution in [0.2, 0.25) is 0 Å². The zero-order valence-corrected chi connectivity index (χ0v) is 33.2. The van der Waals surface area contributed by atoms with Crippen LogP contribution in [0.1, 0.15) is 50.4 Å². The average molecular weight is 892 g/mol. The number of esters is 2. The molecule has 0 amide bonds. The molecule has 0 radical (unpaired) electrons. The van der Waals surface area contributed by atoms with Crippen molar-refractivity contribution in [3.63, 3.8) is 0 Å². The lowest BCUT2D eigenvalue weighted by Crippen LogP contribution is -2.40. The molecule has 2 heterocycles. The van der Waals surface area contributed by atoms with Gasteiger partial charge in [0.1, 0.15) is 6.61 Å². The van der Waals surface area contributed by atoms with Gasteiger partial charge in [-0.15, -0.1) is 0 Å². The van der Waals surface area contributed by atoms with Gasteiger partial charge in [0.25, 0.3) is 5.56 Å². The quantitative estimate of drug-likeness (QED) is 0.109. The van der Waals surface area contributed by atoms with Crippen LogP contribution in [0.25, 0.3) is 6.08 Å². The fourth-order valence-corrected chi connectivity index (χ4v) is 7.33. The van der Waals surface area contributed by atoms with Crippen LogP contribution in [0.15, 0.2) is 80.1 Å². The highest BCUT2D eigenvalue weighted by Crippen LogP contribution is 2.39. The Balaban J connectivity index is 1.59. The van der Waals surface area contributed by atoms with Crippen molar-refractivity contribution in [1.82, 2.24) is 4.57 Å². The summed E-state index contributed by atoms with van der Waals surface area (Å²) in [5.41, 5.74) is 2.56. The van der Waals surface area contributed by atoms with Crippen molar-refractivity contribution < 1.29 is 38.0 Å². The first kappa shape index (κ1) is 38.1. The third-order valence-corrected chi connectivity index (χ3v) is 9.89. The van der Waals surface area contributed by atoms with Crippen molar-refractivity contribution in [3.8, 4) is 23.0 Å². The summed E-state index contributed by atoms with van der Waals surface area (Å²) in [4.78, 5) is 44.6. The molecule has 11 nitrogen and oxygen atoms in total. The molecule has 0 spiro atoms. The number of rotatable bonds is 14. The lowest BCUT2D eigenvalue weighted by molar-refractivity contribution is -0.143. The predicted octanol–water partition coefficient (Wildman–Crippen LogP) is 6.09. The molecule has 0 N–H and O–H groups in total. The van der Waals surface area contributed by atoms with Gasteiger partial charge >= 0.3 is 11.9 Å². The zero-order valence-electron chi connectivity index (χ0n) is 28.6. The van der Waals surface area contributed by atoms with Gasteiger partial charge in [0.2, 0.25) is 0 Å². The number of nitrogens with zero attached hydrogens (tertiary/aromatic N) is 2. The van der Waals surface area contributed by atoms with E-state index in [4.69, 9.17) is 28.4 Å². The van der Waals surface area contributed by atoms with E-state index in [-0.39, 0.29) is 24.3 Å². The molecule has 0 unspecified atom stereocenters. The maximum absolute atomic E-state index is 14.3. The number of halogens is 2. The Bertz CT molecular complexity index is 2140. The number of thiazole rings is 1. The van der Waals surface area contributed by atoms with Gasteiger partial charge in [0.15, 0.2) is 34.4 Å². The number of ether oxygens (including phenoxy) is 6. The average Bonchev–Trinajstić information content (AvgIpc) is 3.41. The molecule has 14 heteroatoms. The molecule has 268 valence electrons. The van der Waals surface area contributed by atoms with Gasteiger partial charge < -0.3 is 28.4 Å². The fraction of sp³-hybridized carbons (Fsp3) is 0.297. The van der Waals surface area contributed by atoms with E-state index in [0.29, 0.717) is 73.4 Å². The first-order valence-electron chi connectivity index (χ1n) is 16.1. The topological polar surface area (TPSA) is 124 Å². The van der Waals surface area contributed by atoms with Gasteiger partial charge in [0.05, 0.1) is 53.2 Å². The number of hydrogen-bond acceptors (Lipinski definition) is 11. The monoisotopic (exact) mass is 890 g/mol. The Kier molecular flexibility index (Phi) is 13.0. The van der Waals surface area contributed by atoms with E-state index in [1.54, 1.807) is 38.1 Å². The second-order valence-electron chi connectivity index (χ2n) is 11.0. The molecular weight excluding hydrogens is 855 g/mol. The lowest BCUT2D eigenvalue weighted by atomic mass is 9.95. The summed E-state index contributed by atoms with van der Waals surface area (Å²) in [7, 11) is 1.27. The van der Waals surface area contributed by atoms with Crippen molar-refractivity contribution in [2.45, 2.75) is 40.3 Å². The van der Waals surface area contributed by atoms with Gasteiger partial charge in [-0.1, -0.05) is 29.5 Å². The molecule has 0 fully saturated rings. The number of allylic oxidation sites excluding steroid dienone is 1. The summed E-state index contributed by atoms with van der Waals surface area (Å²) in [5.74, 6) is 0.560. The van der Waals surface area contributed by atoms with Gasteiger partial charge in [-0.05, 0) is 125 Å². The van der Waals surface area contributed by atoms with Crippen molar-refractivity contribution in [2.75, 3.05) is 33.5 Å². The number of fused-ring (bicyclic) bond motifs is 1. The minimum Gasteiger partial charge on any atom is -0.490 e. The van der Waals surface area contributed by atoms with Crippen LogP contribution in [-0.2, 0) is 25.7 Å². The third-order valence-electron chi connectivity index (χ3n) is 7.60. The summed E-state index contributed by atoms with van der Waals surface area (Å²) in [6.07, 6.45) is 1.76. The van der Waals surface area contributed by atoms with Crippen molar-refractivity contribution in [2.24, 2.45) is 4.99 Å². The van der Waals surface area contributed by atoms with Crippen LogP contribution in [0.4, 0.5) is 0 Å². The molecule has 4 aromatic rings. The molecule has 3 aromatic carbocycles. The highest BCUT2D eigenvalue weighted by molar-refractivity contribution is 14.1. The summed E-state index contributed by atoms with van der Waals surface area (Å²) < 4.78 is 37.5. The van der Waals surface area contributed by atoms with Crippen LogP contribution in [0, 0.1) is 3.57 Å². The second-order valence-corrected chi connectivity index (χ2v) is 14.1. The van der Waals surface area contributed by atoms with Crippen molar-refractivity contribution >= 4 is 67.9 Å². The Morgan fingerprint density at radius 3 is 2.35 bits per heavy atom. The number of benzene rings is 3.